The van der Waals surface area contributed by atoms with Gasteiger partial charge in [0, 0.05) is 42.3 Å². The number of carbonyl (C=O) groups is 1. The Morgan fingerprint density at radius 2 is 2.03 bits per heavy atom. The van der Waals surface area contributed by atoms with Crippen LogP contribution in [0.3, 0.4) is 0 Å². The first kappa shape index (κ1) is 20.1. The minimum absolute atomic E-state index is 0.218. The quantitative estimate of drug-likeness (QED) is 0.629. The van der Waals surface area contributed by atoms with Gasteiger partial charge >= 0.3 is 0 Å². The van der Waals surface area contributed by atoms with Crippen molar-refractivity contribution in [3.63, 3.8) is 0 Å². The number of anilines is 2. The molecule has 0 atom stereocenters. The van der Waals surface area contributed by atoms with Crippen LogP contribution in [0.5, 0.6) is 0 Å². The molecule has 3 aromatic rings. The number of nitrogens with zero attached hydrogens (tertiary/aromatic N) is 4. The Hall–Kier alpha value is -3.19. The maximum Gasteiger partial charge on any atom is 0.274 e. The van der Waals surface area contributed by atoms with Gasteiger partial charge < -0.3 is 10.2 Å². The van der Waals surface area contributed by atoms with Crippen LogP contribution in [0, 0.1) is 0 Å². The number of thiocarbonyl (C=S) groups is 1. The van der Waals surface area contributed by atoms with Gasteiger partial charge in [0.1, 0.15) is 11.5 Å². The number of hydrogen-bond donors (Lipinski definition) is 1. The van der Waals surface area contributed by atoms with E-state index in [4.69, 9.17) is 12.2 Å². The summed E-state index contributed by atoms with van der Waals surface area (Å²) in [5.41, 5.74) is 4.43. The van der Waals surface area contributed by atoms with Crippen LogP contribution < -0.4 is 10.2 Å². The van der Waals surface area contributed by atoms with Gasteiger partial charge in [-0.3, -0.25) is 4.79 Å². The smallest absolute Gasteiger partial charge is 0.274 e. The monoisotopic (exact) mass is 417 g/mol. The van der Waals surface area contributed by atoms with E-state index in [0.717, 1.165) is 35.7 Å². The molecule has 0 fully saturated rings. The Bertz CT molecular complexity index is 1100. The van der Waals surface area contributed by atoms with Gasteiger partial charge in [-0.05, 0) is 35.7 Å². The van der Waals surface area contributed by atoms with E-state index in [2.05, 4.69) is 45.1 Å². The molecule has 2 aromatic heterocycles. The zero-order chi connectivity index (χ0) is 21.1. The molecule has 0 aliphatic carbocycles. The van der Waals surface area contributed by atoms with Crippen molar-refractivity contribution >= 4 is 35.0 Å². The predicted octanol–water partition coefficient (Wildman–Crippen LogP) is 4.16. The first-order valence-electron chi connectivity index (χ1n) is 9.97. The second kappa shape index (κ2) is 8.67. The van der Waals surface area contributed by atoms with Crippen LogP contribution in [0.4, 0.5) is 11.5 Å². The van der Waals surface area contributed by atoms with Gasteiger partial charge in [0.05, 0.1) is 5.69 Å². The topological polar surface area (TPSA) is 71.0 Å². The Morgan fingerprint density at radius 3 is 2.83 bits per heavy atom. The second-order valence-electron chi connectivity index (χ2n) is 7.60. The molecule has 1 aromatic carbocycles. The van der Waals surface area contributed by atoms with Gasteiger partial charge in [0.2, 0.25) is 0 Å². The Morgan fingerprint density at radius 1 is 1.20 bits per heavy atom. The lowest BCUT2D eigenvalue weighted by atomic mass is 10.0. The summed E-state index contributed by atoms with van der Waals surface area (Å²) >= 11 is 4.92. The Labute approximate surface area is 181 Å². The fourth-order valence-corrected chi connectivity index (χ4v) is 3.59. The normalized spacial score (nSPS) is 13.1. The molecule has 1 aliphatic heterocycles. The van der Waals surface area contributed by atoms with E-state index in [1.54, 1.807) is 6.07 Å². The summed E-state index contributed by atoms with van der Waals surface area (Å²) in [5.74, 6) is 1.53. The highest BCUT2D eigenvalue weighted by Gasteiger charge is 2.20. The third-order valence-electron chi connectivity index (χ3n) is 5.16. The molecule has 1 amide bonds. The van der Waals surface area contributed by atoms with E-state index in [0.29, 0.717) is 24.0 Å². The van der Waals surface area contributed by atoms with Gasteiger partial charge in [-0.25, -0.2) is 15.0 Å². The van der Waals surface area contributed by atoms with Crippen LogP contribution in [0.25, 0.3) is 0 Å². The highest BCUT2D eigenvalue weighted by molar-refractivity contribution is 7.79. The number of aromatic nitrogens is 3. The van der Waals surface area contributed by atoms with Gasteiger partial charge in [0.15, 0.2) is 5.82 Å². The lowest BCUT2D eigenvalue weighted by molar-refractivity contribution is 0.102. The molecular formula is C23H23N5OS. The number of amides is 1. The first-order chi connectivity index (χ1) is 14.5. The van der Waals surface area contributed by atoms with E-state index in [9.17, 15) is 4.79 Å². The number of carbonyl (C=O) groups excluding carboxylic acids is 1. The van der Waals surface area contributed by atoms with E-state index >= 15 is 0 Å². The van der Waals surface area contributed by atoms with Crippen LogP contribution in [0.2, 0.25) is 0 Å². The standard InChI is InChI=1S/C23H23N5OS/c1-15(2)16-5-3-6-18(11-16)25-23(29)20-7-4-8-22(27-20)28-10-9-19-17(13-28)12-24-21(14-30)26-19/h3-8,11-12,14-15H,9-10,13H2,1-2H3,(H,25,29). The van der Waals surface area contributed by atoms with Crippen molar-refractivity contribution in [1.82, 2.24) is 15.0 Å². The number of pyridine rings is 1. The summed E-state index contributed by atoms with van der Waals surface area (Å²) in [6.07, 6.45) is 2.61. The van der Waals surface area contributed by atoms with Crippen molar-refractivity contribution in [2.24, 2.45) is 0 Å². The van der Waals surface area contributed by atoms with Gasteiger partial charge in [-0.1, -0.05) is 44.3 Å². The van der Waals surface area contributed by atoms with Crippen molar-refractivity contribution in [1.29, 1.82) is 0 Å². The predicted molar refractivity (Wildman–Crippen MR) is 122 cm³/mol. The molecule has 7 heteroatoms. The third-order valence-corrected chi connectivity index (χ3v) is 5.37. The van der Waals surface area contributed by atoms with Crippen LogP contribution >= 0.6 is 12.2 Å². The van der Waals surface area contributed by atoms with Crippen LogP contribution in [-0.2, 0) is 13.0 Å². The largest absolute Gasteiger partial charge is 0.352 e. The van der Waals surface area contributed by atoms with Crippen molar-refractivity contribution in [3.8, 4) is 0 Å². The summed E-state index contributed by atoms with van der Waals surface area (Å²) < 4.78 is 0. The summed E-state index contributed by atoms with van der Waals surface area (Å²) in [6, 6.07) is 13.4. The molecule has 0 saturated heterocycles. The molecule has 6 nitrogen and oxygen atoms in total. The van der Waals surface area contributed by atoms with Crippen molar-refractivity contribution in [2.45, 2.75) is 32.7 Å². The second-order valence-corrected chi connectivity index (χ2v) is 7.84. The lowest BCUT2D eigenvalue weighted by Gasteiger charge is -2.29. The van der Waals surface area contributed by atoms with Gasteiger partial charge in [-0.15, -0.1) is 0 Å². The molecule has 1 aliphatic rings. The van der Waals surface area contributed by atoms with Crippen LogP contribution in [0.1, 0.15) is 52.9 Å². The Kier molecular flexibility index (Phi) is 5.81. The third kappa shape index (κ3) is 4.36. The molecule has 0 saturated carbocycles. The first-order valence-corrected chi connectivity index (χ1v) is 10.4. The fourth-order valence-electron chi connectivity index (χ4n) is 3.48. The molecule has 0 unspecified atom stereocenters. The van der Waals surface area contributed by atoms with E-state index in [-0.39, 0.29) is 5.91 Å². The molecular weight excluding hydrogens is 394 g/mol. The molecule has 0 spiro atoms. The summed E-state index contributed by atoms with van der Waals surface area (Å²) in [4.78, 5) is 28.3. The summed E-state index contributed by atoms with van der Waals surface area (Å²) in [5, 5.41) is 4.45. The maximum absolute atomic E-state index is 12.8. The maximum atomic E-state index is 12.8. The van der Waals surface area contributed by atoms with Crippen molar-refractivity contribution < 1.29 is 4.79 Å². The van der Waals surface area contributed by atoms with E-state index in [1.807, 2.05) is 36.5 Å². The zero-order valence-corrected chi connectivity index (χ0v) is 17.8. The number of nitrogens with one attached hydrogen (secondary N) is 1. The minimum Gasteiger partial charge on any atom is -0.352 e. The molecule has 30 heavy (non-hydrogen) atoms. The van der Waals surface area contributed by atoms with Crippen molar-refractivity contribution in [2.75, 3.05) is 16.8 Å². The molecule has 0 radical (unpaired) electrons. The van der Waals surface area contributed by atoms with Gasteiger partial charge in [-0.2, -0.15) is 0 Å². The molecule has 3 heterocycles. The van der Waals surface area contributed by atoms with Crippen LogP contribution in [0.15, 0.2) is 48.7 Å². The summed E-state index contributed by atoms with van der Waals surface area (Å²) in [7, 11) is 0. The average molecular weight is 418 g/mol. The number of rotatable bonds is 5. The SMILES string of the molecule is CC(C)c1cccc(NC(=O)c2cccc(N3CCc4nc(C=S)ncc4C3)n2)c1. The fraction of sp³-hybridized carbons (Fsp3) is 0.261. The highest BCUT2D eigenvalue weighted by atomic mass is 32.1. The van der Waals surface area contributed by atoms with E-state index in [1.165, 1.54) is 10.9 Å². The van der Waals surface area contributed by atoms with Crippen LogP contribution in [-0.4, -0.2) is 32.8 Å². The van der Waals surface area contributed by atoms with Gasteiger partial charge in [0.25, 0.3) is 5.91 Å². The van der Waals surface area contributed by atoms with E-state index < -0.39 is 0 Å². The Balaban J connectivity index is 1.50. The molecule has 4 rings (SSSR count). The minimum atomic E-state index is -0.218. The van der Waals surface area contributed by atoms with Crippen molar-refractivity contribution in [3.05, 3.63) is 77.0 Å². The number of fused-ring (bicyclic) bond motifs is 1. The lowest BCUT2D eigenvalue weighted by Crippen LogP contribution is -2.32. The molecule has 152 valence electrons. The number of benzene rings is 1. The molecule has 1 N–H and O–H groups in total. The molecule has 0 bridgehead atoms. The summed E-state index contributed by atoms with van der Waals surface area (Å²) in [6.45, 7) is 5.69. The number of hydrogen-bond acceptors (Lipinski definition) is 6. The zero-order valence-electron chi connectivity index (χ0n) is 17.0. The highest BCUT2D eigenvalue weighted by Crippen LogP contribution is 2.23. The average Bonchev–Trinajstić information content (AvgIpc) is 2.78.